The molecule has 1 aliphatic carbocycles. The molecule has 1 fully saturated rings. The molecule has 1 rings (SSSR count). The summed E-state index contributed by atoms with van der Waals surface area (Å²) in [6.45, 7) is 12.2. The quantitative estimate of drug-likeness (QED) is 0.662. The van der Waals surface area contributed by atoms with Gasteiger partial charge in [-0.1, -0.05) is 27.7 Å². The van der Waals surface area contributed by atoms with Crippen LogP contribution < -0.4 is 5.32 Å². The molecule has 0 atom stereocenters. The van der Waals surface area contributed by atoms with Crippen molar-refractivity contribution < 1.29 is 4.74 Å². The maximum absolute atomic E-state index is 6.31. The van der Waals surface area contributed by atoms with E-state index in [0.717, 1.165) is 31.5 Å². The first-order valence-electron chi connectivity index (χ1n) is 7.92. The van der Waals surface area contributed by atoms with Crippen molar-refractivity contribution in [3.63, 3.8) is 0 Å². The van der Waals surface area contributed by atoms with E-state index in [4.69, 9.17) is 4.74 Å². The van der Waals surface area contributed by atoms with Gasteiger partial charge in [0.25, 0.3) is 0 Å². The van der Waals surface area contributed by atoms with Crippen LogP contribution in [0.4, 0.5) is 0 Å². The van der Waals surface area contributed by atoms with Crippen LogP contribution in [0.25, 0.3) is 0 Å². The van der Waals surface area contributed by atoms with Crippen molar-refractivity contribution >= 4 is 0 Å². The molecule has 1 aliphatic rings. The number of hydrogen-bond acceptors (Lipinski definition) is 2. The van der Waals surface area contributed by atoms with E-state index in [0.29, 0.717) is 0 Å². The lowest BCUT2D eigenvalue weighted by Crippen LogP contribution is -2.46. The second-order valence-corrected chi connectivity index (χ2v) is 6.57. The van der Waals surface area contributed by atoms with Crippen LogP contribution >= 0.6 is 0 Å². The molecule has 0 aromatic carbocycles. The Balaban J connectivity index is 2.40. The largest absolute Gasteiger partial charge is 0.374 e. The third-order valence-electron chi connectivity index (χ3n) is 4.16. The van der Waals surface area contributed by atoms with E-state index in [-0.39, 0.29) is 5.60 Å². The van der Waals surface area contributed by atoms with Crippen LogP contribution in [0.15, 0.2) is 0 Å². The Bertz CT molecular complexity index is 207. The van der Waals surface area contributed by atoms with Crippen LogP contribution in [0.1, 0.15) is 66.2 Å². The molecule has 2 nitrogen and oxygen atoms in total. The first-order chi connectivity index (χ1) is 8.58. The zero-order chi connectivity index (χ0) is 13.4. The van der Waals surface area contributed by atoms with Gasteiger partial charge >= 0.3 is 0 Å². The van der Waals surface area contributed by atoms with Crippen molar-refractivity contribution in [3.8, 4) is 0 Å². The summed E-state index contributed by atoms with van der Waals surface area (Å²) < 4.78 is 6.31. The zero-order valence-corrected chi connectivity index (χ0v) is 12.9. The van der Waals surface area contributed by atoms with Gasteiger partial charge in [0.05, 0.1) is 5.60 Å². The van der Waals surface area contributed by atoms with E-state index in [1.165, 1.54) is 38.5 Å². The maximum atomic E-state index is 6.31. The fourth-order valence-corrected chi connectivity index (χ4v) is 2.66. The third kappa shape index (κ3) is 5.71. The highest BCUT2D eigenvalue weighted by Crippen LogP contribution is 2.34. The monoisotopic (exact) mass is 255 g/mol. The summed E-state index contributed by atoms with van der Waals surface area (Å²) in [4.78, 5) is 0. The number of nitrogens with one attached hydrogen (secondary N) is 1. The van der Waals surface area contributed by atoms with Crippen LogP contribution in [0.5, 0.6) is 0 Å². The predicted molar refractivity (Wildman–Crippen MR) is 78.9 cm³/mol. The lowest BCUT2D eigenvalue weighted by atomic mass is 9.79. The van der Waals surface area contributed by atoms with Gasteiger partial charge in [0, 0.05) is 13.2 Å². The molecule has 2 heteroatoms. The molecule has 0 aromatic rings. The lowest BCUT2D eigenvalue weighted by molar-refractivity contribution is -0.0780. The molecule has 18 heavy (non-hydrogen) atoms. The molecular weight excluding hydrogens is 222 g/mol. The van der Waals surface area contributed by atoms with Crippen molar-refractivity contribution in [1.29, 1.82) is 0 Å². The summed E-state index contributed by atoms with van der Waals surface area (Å²) in [5.74, 6) is 1.63. The van der Waals surface area contributed by atoms with Gasteiger partial charge < -0.3 is 10.1 Å². The fraction of sp³-hybridized carbons (Fsp3) is 1.00. The minimum Gasteiger partial charge on any atom is -0.374 e. The minimum atomic E-state index is 0.135. The topological polar surface area (TPSA) is 21.3 Å². The first kappa shape index (κ1) is 16.0. The molecule has 0 amide bonds. The zero-order valence-electron chi connectivity index (χ0n) is 12.9. The molecule has 0 aliphatic heterocycles. The summed E-state index contributed by atoms with van der Waals surface area (Å²) in [6.07, 6.45) is 7.53. The normalized spacial score (nSPS) is 28.8. The lowest BCUT2D eigenvalue weighted by Gasteiger charge is -2.40. The van der Waals surface area contributed by atoms with Crippen LogP contribution in [0.3, 0.4) is 0 Å². The second kappa shape index (κ2) is 8.16. The molecule has 0 unspecified atom stereocenters. The fourth-order valence-electron chi connectivity index (χ4n) is 2.66. The molecule has 1 N–H and O–H groups in total. The van der Waals surface area contributed by atoms with E-state index in [1.807, 2.05) is 0 Å². The van der Waals surface area contributed by atoms with Gasteiger partial charge in [-0.15, -0.1) is 0 Å². The van der Waals surface area contributed by atoms with Crippen molar-refractivity contribution in [3.05, 3.63) is 0 Å². The number of hydrogen-bond donors (Lipinski definition) is 1. The Morgan fingerprint density at radius 3 is 2.50 bits per heavy atom. The SMILES string of the molecule is CCCNCC1(OCCC(C)C)CCC(C)CC1. The van der Waals surface area contributed by atoms with Crippen molar-refractivity contribution in [2.75, 3.05) is 19.7 Å². The molecule has 0 aromatic heterocycles. The van der Waals surface area contributed by atoms with E-state index in [9.17, 15) is 0 Å². The standard InChI is InChI=1S/C16H33NO/c1-5-11-17-13-16(18-12-8-14(2)3)9-6-15(4)7-10-16/h14-15,17H,5-13H2,1-4H3. The predicted octanol–water partition coefficient (Wildman–Crippen LogP) is 4.00. The highest BCUT2D eigenvalue weighted by Gasteiger charge is 2.34. The molecule has 0 radical (unpaired) electrons. The van der Waals surface area contributed by atoms with Gasteiger partial charge in [-0.25, -0.2) is 0 Å². The Morgan fingerprint density at radius 2 is 1.94 bits per heavy atom. The van der Waals surface area contributed by atoms with Crippen molar-refractivity contribution in [2.45, 2.75) is 71.8 Å². The van der Waals surface area contributed by atoms with E-state index in [1.54, 1.807) is 0 Å². The summed E-state index contributed by atoms with van der Waals surface area (Å²) >= 11 is 0. The van der Waals surface area contributed by atoms with Crippen LogP contribution in [0.2, 0.25) is 0 Å². The summed E-state index contributed by atoms with van der Waals surface area (Å²) in [5.41, 5.74) is 0.135. The van der Waals surface area contributed by atoms with E-state index in [2.05, 4.69) is 33.0 Å². The smallest absolute Gasteiger partial charge is 0.0806 e. The summed E-state index contributed by atoms with van der Waals surface area (Å²) in [5, 5.41) is 3.57. The van der Waals surface area contributed by atoms with Gasteiger partial charge in [0.1, 0.15) is 0 Å². The molecule has 108 valence electrons. The van der Waals surface area contributed by atoms with E-state index < -0.39 is 0 Å². The van der Waals surface area contributed by atoms with Crippen LogP contribution in [0, 0.1) is 11.8 Å². The highest BCUT2D eigenvalue weighted by molar-refractivity contribution is 4.88. The first-order valence-corrected chi connectivity index (χ1v) is 7.92. The molecule has 0 bridgehead atoms. The summed E-state index contributed by atoms with van der Waals surface area (Å²) in [6, 6.07) is 0. The van der Waals surface area contributed by atoms with Crippen molar-refractivity contribution in [1.82, 2.24) is 5.32 Å². The van der Waals surface area contributed by atoms with Gasteiger partial charge in [0.2, 0.25) is 0 Å². The molecule has 1 saturated carbocycles. The molecule has 0 heterocycles. The summed E-state index contributed by atoms with van der Waals surface area (Å²) in [7, 11) is 0. The third-order valence-corrected chi connectivity index (χ3v) is 4.16. The van der Waals surface area contributed by atoms with Gasteiger partial charge in [-0.2, -0.15) is 0 Å². The molecular formula is C16H33NO. The minimum absolute atomic E-state index is 0.135. The van der Waals surface area contributed by atoms with Crippen LogP contribution in [-0.2, 0) is 4.74 Å². The number of rotatable bonds is 8. The van der Waals surface area contributed by atoms with Crippen molar-refractivity contribution in [2.24, 2.45) is 11.8 Å². The molecule has 0 saturated heterocycles. The highest BCUT2D eigenvalue weighted by atomic mass is 16.5. The van der Waals surface area contributed by atoms with Crippen LogP contribution in [-0.4, -0.2) is 25.3 Å². The molecule has 0 spiro atoms. The number of ether oxygens (including phenoxy) is 1. The van der Waals surface area contributed by atoms with Gasteiger partial charge in [-0.05, 0) is 56.9 Å². The Morgan fingerprint density at radius 1 is 1.28 bits per heavy atom. The Kier molecular flexibility index (Phi) is 7.25. The average Bonchev–Trinajstić information content (AvgIpc) is 2.33. The second-order valence-electron chi connectivity index (χ2n) is 6.57. The Labute approximate surface area is 114 Å². The van der Waals surface area contributed by atoms with Gasteiger partial charge in [0.15, 0.2) is 0 Å². The van der Waals surface area contributed by atoms with E-state index >= 15 is 0 Å². The van der Waals surface area contributed by atoms with Gasteiger partial charge in [-0.3, -0.25) is 0 Å². The Hall–Kier alpha value is -0.0800. The average molecular weight is 255 g/mol. The maximum Gasteiger partial charge on any atom is 0.0806 e.